The van der Waals surface area contributed by atoms with Crippen LogP contribution in [0.3, 0.4) is 0 Å². The van der Waals surface area contributed by atoms with Gasteiger partial charge in [0.2, 0.25) is 5.96 Å². The van der Waals surface area contributed by atoms with Gasteiger partial charge in [-0.2, -0.15) is 0 Å². The molecule has 1 fully saturated rings. The highest BCUT2D eigenvalue weighted by atomic mass is 35.5. The minimum absolute atomic E-state index is 0.158. The molecule has 0 aliphatic carbocycles. The molecule has 0 aromatic carbocycles. The number of rotatable bonds is 3. The normalized spacial score (nSPS) is 25.0. The molecule has 0 bridgehead atoms. The van der Waals surface area contributed by atoms with Gasteiger partial charge in [-0.3, -0.25) is 5.01 Å². The third-order valence-corrected chi connectivity index (χ3v) is 4.16. The van der Waals surface area contributed by atoms with E-state index in [1.807, 2.05) is 11.2 Å². The van der Waals surface area contributed by atoms with Crippen molar-refractivity contribution in [3.63, 3.8) is 0 Å². The topological polar surface area (TPSA) is 34.1 Å². The van der Waals surface area contributed by atoms with Gasteiger partial charge in [-0.25, -0.2) is 10.4 Å². The van der Waals surface area contributed by atoms with Crippen LogP contribution < -0.4 is 5.43 Å². The van der Waals surface area contributed by atoms with Gasteiger partial charge >= 0.3 is 0 Å². The van der Waals surface area contributed by atoms with Crippen LogP contribution in [-0.2, 0) is 0 Å². The molecule has 2 heterocycles. The van der Waals surface area contributed by atoms with E-state index in [1.165, 1.54) is 0 Å². The van der Waals surface area contributed by atoms with E-state index in [1.54, 1.807) is 0 Å². The Morgan fingerprint density at radius 3 is 2.55 bits per heavy atom. The molecule has 20 heavy (non-hydrogen) atoms. The Balaban J connectivity index is 2.17. The molecular weight excluding hydrogens is 274 g/mol. The average Bonchev–Trinajstić information content (AvgIpc) is 2.42. The Kier molecular flexibility index (Phi) is 5.29. The van der Waals surface area contributed by atoms with Crippen LogP contribution in [0.1, 0.15) is 27.2 Å². The average molecular weight is 300 g/mol. The Labute approximate surface area is 127 Å². The molecule has 6 heteroatoms. The van der Waals surface area contributed by atoms with Gasteiger partial charge in [-0.1, -0.05) is 18.5 Å². The van der Waals surface area contributed by atoms with Crippen LogP contribution in [0.2, 0.25) is 0 Å². The Bertz CT molecular complexity index is 385. The van der Waals surface area contributed by atoms with Gasteiger partial charge in [-0.05, 0) is 32.9 Å². The van der Waals surface area contributed by atoms with Crippen molar-refractivity contribution in [2.24, 2.45) is 4.99 Å². The van der Waals surface area contributed by atoms with Gasteiger partial charge in [0.25, 0.3) is 0 Å². The molecule has 1 N–H and O–H groups in total. The summed E-state index contributed by atoms with van der Waals surface area (Å²) in [7, 11) is 2.16. The van der Waals surface area contributed by atoms with Gasteiger partial charge in [0.15, 0.2) is 0 Å². The predicted molar refractivity (Wildman–Crippen MR) is 84.6 cm³/mol. The number of nitrogens with one attached hydrogen (secondary N) is 1. The lowest BCUT2D eigenvalue weighted by atomic mass is 10.2. The SMILES string of the molecule is CCC1=CN=C(N2CCN(C)CC2)N(NC(C)C)C1Cl. The molecule has 0 aromatic rings. The zero-order chi connectivity index (χ0) is 14.7. The maximum atomic E-state index is 6.61. The van der Waals surface area contributed by atoms with Crippen LogP contribution in [0.4, 0.5) is 0 Å². The second kappa shape index (κ2) is 6.78. The predicted octanol–water partition coefficient (Wildman–Crippen LogP) is 1.68. The molecule has 0 aromatic heterocycles. The van der Waals surface area contributed by atoms with E-state index in [9.17, 15) is 0 Å². The lowest BCUT2D eigenvalue weighted by Crippen LogP contribution is -2.60. The maximum absolute atomic E-state index is 6.61. The van der Waals surface area contributed by atoms with E-state index in [4.69, 9.17) is 11.6 Å². The number of likely N-dealkylation sites (N-methyl/N-ethyl adjacent to an activating group) is 1. The van der Waals surface area contributed by atoms with Crippen LogP contribution in [-0.4, -0.2) is 65.5 Å². The zero-order valence-corrected chi connectivity index (χ0v) is 13.7. The van der Waals surface area contributed by atoms with Crippen LogP contribution in [0.5, 0.6) is 0 Å². The molecule has 2 aliphatic rings. The van der Waals surface area contributed by atoms with Gasteiger partial charge in [-0.15, -0.1) is 0 Å². The Morgan fingerprint density at radius 2 is 2.00 bits per heavy atom. The fourth-order valence-electron chi connectivity index (χ4n) is 2.43. The second-order valence-electron chi connectivity index (χ2n) is 5.77. The van der Waals surface area contributed by atoms with Crippen LogP contribution in [0.15, 0.2) is 16.8 Å². The van der Waals surface area contributed by atoms with E-state index in [-0.39, 0.29) is 5.50 Å². The van der Waals surface area contributed by atoms with E-state index < -0.39 is 0 Å². The van der Waals surface area contributed by atoms with E-state index in [2.05, 4.69) is 48.0 Å². The lowest BCUT2D eigenvalue weighted by Gasteiger charge is -2.42. The van der Waals surface area contributed by atoms with Crippen LogP contribution >= 0.6 is 11.6 Å². The van der Waals surface area contributed by atoms with Crippen molar-refractivity contribution in [3.8, 4) is 0 Å². The third kappa shape index (κ3) is 3.45. The smallest absolute Gasteiger partial charge is 0.217 e. The number of piperazine rings is 1. The summed E-state index contributed by atoms with van der Waals surface area (Å²) in [6.45, 7) is 10.5. The Morgan fingerprint density at radius 1 is 1.35 bits per heavy atom. The standard InChI is InChI=1S/C14H26ClN5/c1-5-12-10-16-14(19-8-6-18(4)7-9-19)20(13(12)15)17-11(2)3/h10-11,13,17H,5-9H2,1-4H3. The number of halogens is 1. The van der Waals surface area contributed by atoms with Gasteiger partial charge in [0, 0.05) is 38.4 Å². The molecule has 0 spiro atoms. The molecule has 2 rings (SSSR count). The molecule has 5 nitrogen and oxygen atoms in total. The summed E-state index contributed by atoms with van der Waals surface area (Å²) in [5.74, 6) is 0.948. The third-order valence-electron chi connectivity index (χ3n) is 3.69. The molecule has 114 valence electrons. The minimum atomic E-state index is -0.158. The van der Waals surface area contributed by atoms with E-state index >= 15 is 0 Å². The molecule has 1 unspecified atom stereocenters. The number of hydrogen-bond donors (Lipinski definition) is 1. The first-order valence-corrected chi connectivity index (χ1v) is 7.86. The fraction of sp³-hybridized carbons (Fsp3) is 0.786. The van der Waals surface area contributed by atoms with Crippen molar-refractivity contribution >= 4 is 17.6 Å². The summed E-state index contributed by atoms with van der Waals surface area (Å²) < 4.78 is 0. The van der Waals surface area contributed by atoms with Crippen molar-refractivity contribution in [1.82, 2.24) is 20.2 Å². The second-order valence-corrected chi connectivity index (χ2v) is 6.18. The number of alkyl halides is 1. The van der Waals surface area contributed by atoms with Crippen molar-refractivity contribution < 1.29 is 0 Å². The molecular formula is C14H26ClN5. The van der Waals surface area contributed by atoms with Crippen molar-refractivity contribution in [1.29, 1.82) is 0 Å². The van der Waals surface area contributed by atoms with Gasteiger partial charge in [0.1, 0.15) is 5.50 Å². The van der Waals surface area contributed by atoms with Gasteiger partial charge < -0.3 is 9.80 Å². The molecule has 1 atom stereocenters. The summed E-state index contributed by atoms with van der Waals surface area (Å²) in [5.41, 5.74) is 4.42. The molecule has 1 saturated heterocycles. The minimum Gasteiger partial charge on any atom is -0.339 e. The number of hydrazine groups is 1. The molecule has 0 radical (unpaired) electrons. The lowest BCUT2D eigenvalue weighted by molar-refractivity contribution is 0.171. The molecule has 0 saturated carbocycles. The Hall–Kier alpha value is -0.780. The number of nitrogens with zero attached hydrogens (tertiary/aromatic N) is 4. The highest BCUT2D eigenvalue weighted by molar-refractivity contribution is 6.23. The number of guanidine groups is 1. The van der Waals surface area contributed by atoms with E-state index in [0.717, 1.165) is 44.1 Å². The monoisotopic (exact) mass is 299 g/mol. The van der Waals surface area contributed by atoms with Crippen molar-refractivity contribution in [2.45, 2.75) is 38.7 Å². The van der Waals surface area contributed by atoms with Crippen molar-refractivity contribution in [3.05, 3.63) is 11.8 Å². The quantitative estimate of drug-likeness (QED) is 0.635. The first kappa shape index (κ1) is 15.6. The number of aliphatic imine (C=N–C) groups is 1. The first-order chi connectivity index (χ1) is 9.52. The first-order valence-electron chi connectivity index (χ1n) is 7.42. The summed E-state index contributed by atoms with van der Waals surface area (Å²) in [6.07, 6.45) is 2.85. The summed E-state index contributed by atoms with van der Waals surface area (Å²) in [4.78, 5) is 9.31. The highest BCUT2D eigenvalue weighted by Gasteiger charge is 2.31. The van der Waals surface area contributed by atoms with Gasteiger partial charge in [0.05, 0.1) is 0 Å². The van der Waals surface area contributed by atoms with Crippen LogP contribution in [0.25, 0.3) is 0 Å². The fourth-order valence-corrected chi connectivity index (χ4v) is 2.79. The zero-order valence-electron chi connectivity index (χ0n) is 12.9. The maximum Gasteiger partial charge on any atom is 0.217 e. The summed E-state index contributed by atoms with van der Waals surface area (Å²) >= 11 is 6.61. The molecule has 0 amide bonds. The molecule has 2 aliphatic heterocycles. The van der Waals surface area contributed by atoms with Crippen LogP contribution in [0, 0.1) is 0 Å². The summed E-state index contributed by atoms with van der Waals surface area (Å²) in [6, 6.07) is 0.324. The summed E-state index contributed by atoms with van der Waals surface area (Å²) in [5, 5.41) is 2.02. The van der Waals surface area contributed by atoms with Crippen molar-refractivity contribution in [2.75, 3.05) is 33.2 Å². The van der Waals surface area contributed by atoms with E-state index in [0.29, 0.717) is 6.04 Å². The largest absolute Gasteiger partial charge is 0.339 e. The number of hydrogen-bond acceptors (Lipinski definition) is 5. The highest BCUT2D eigenvalue weighted by Crippen LogP contribution is 2.23.